The van der Waals surface area contributed by atoms with E-state index in [-0.39, 0.29) is 5.69 Å². The first-order valence-corrected chi connectivity index (χ1v) is 6.56. The summed E-state index contributed by atoms with van der Waals surface area (Å²) in [6, 6.07) is 0. The van der Waals surface area contributed by atoms with Crippen molar-refractivity contribution < 1.29 is 14.3 Å². The van der Waals surface area contributed by atoms with Gasteiger partial charge in [-0.15, -0.1) is 10.2 Å². The third kappa shape index (κ3) is 3.79. The Bertz CT molecular complexity index is 601. The van der Waals surface area contributed by atoms with Crippen molar-refractivity contribution in [2.24, 2.45) is 0 Å². The average Bonchev–Trinajstić information content (AvgIpc) is 2.93. The van der Waals surface area contributed by atoms with Gasteiger partial charge in [-0.1, -0.05) is 18.3 Å². The van der Waals surface area contributed by atoms with E-state index in [1.54, 1.807) is 0 Å². The quantitative estimate of drug-likeness (QED) is 0.808. The molecule has 1 amide bonds. The number of hydrogen-bond donors (Lipinski definition) is 1. The van der Waals surface area contributed by atoms with Gasteiger partial charge >= 0.3 is 5.97 Å². The van der Waals surface area contributed by atoms with Gasteiger partial charge in [-0.05, 0) is 6.42 Å². The maximum Gasteiger partial charge on any atom is 0.359 e. The highest BCUT2D eigenvalue weighted by Gasteiger charge is 2.12. The minimum atomic E-state index is -0.709. The Hall–Kier alpha value is -2.42. The van der Waals surface area contributed by atoms with E-state index in [4.69, 9.17) is 4.74 Å². The predicted molar refractivity (Wildman–Crippen MR) is 70.2 cm³/mol. The van der Waals surface area contributed by atoms with Crippen LogP contribution in [0.4, 0.5) is 5.13 Å². The number of amides is 1. The van der Waals surface area contributed by atoms with Crippen molar-refractivity contribution in [1.82, 2.24) is 20.2 Å². The van der Waals surface area contributed by atoms with E-state index in [9.17, 15) is 9.59 Å². The Labute approximate surface area is 118 Å². The number of nitrogens with one attached hydrogen (secondary N) is 1. The monoisotopic (exact) mass is 293 g/mol. The lowest BCUT2D eigenvalue weighted by molar-refractivity contribution is -0.119. The first kappa shape index (κ1) is 14.0. The van der Waals surface area contributed by atoms with Gasteiger partial charge in [-0.25, -0.2) is 9.78 Å². The van der Waals surface area contributed by atoms with Crippen LogP contribution in [0.3, 0.4) is 0 Å². The summed E-state index contributed by atoms with van der Waals surface area (Å²) in [6.07, 6.45) is 4.81. The summed E-state index contributed by atoms with van der Waals surface area (Å²) in [4.78, 5) is 30.6. The fourth-order valence-corrected chi connectivity index (χ4v) is 1.91. The standard InChI is InChI=1S/C11H11N5O3S/c1-2-9-15-16-11(20-9)14-8(17)6-19-10(18)7-5-12-3-4-13-7/h3-5H,2,6H2,1H3,(H,14,16,17). The number of esters is 1. The Balaban J connectivity index is 1.82. The molecule has 0 unspecified atom stereocenters. The molecule has 0 aromatic carbocycles. The van der Waals surface area contributed by atoms with Crippen LogP contribution in [0.15, 0.2) is 18.6 Å². The molecular weight excluding hydrogens is 282 g/mol. The van der Waals surface area contributed by atoms with E-state index < -0.39 is 18.5 Å². The van der Waals surface area contributed by atoms with Crippen LogP contribution in [-0.2, 0) is 16.0 Å². The Morgan fingerprint density at radius 3 is 2.85 bits per heavy atom. The molecule has 0 aliphatic heterocycles. The first-order valence-electron chi connectivity index (χ1n) is 5.74. The van der Waals surface area contributed by atoms with Crippen LogP contribution in [0.1, 0.15) is 22.4 Å². The zero-order valence-corrected chi connectivity index (χ0v) is 11.4. The zero-order valence-electron chi connectivity index (χ0n) is 10.6. The van der Waals surface area contributed by atoms with Crippen LogP contribution >= 0.6 is 11.3 Å². The molecule has 1 N–H and O–H groups in total. The topological polar surface area (TPSA) is 107 Å². The van der Waals surface area contributed by atoms with Crippen LogP contribution in [0.5, 0.6) is 0 Å². The molecule has 8 nitrogen and oxygen atoms in total. The van der Waals surface area contributed by atoms with E-state index in [0.29, 0.717) is 5.13 Å². The lowest BCUT2D eigenvalue weighted by Crippen LogP contribution is -2.21. The minimum absolute atomic E-state index is 0.0458. The third-order valence-corrected chi connectivity index (χ3v) is 3.11. The lowest BCUT2D eigenvalue weighted by atomic mass is 10.4. The van der Waals surface area contributed by atoms with Crippen molar-refractivity contribution in [2.75, 3.05) is 11.9 Å². The van der Waals surface area contributed by atoms with Gasteiger partial charge in [0, 0.05) is 12.4 Å². The summed E-state index contributed by atoms with van der Waals surface area (Å²) in [5.41, 5.74) is 0.0458. The maximum absolute atomic E-state index is 11.6. The Kier molecular flexibility index (Phi) is 4.66. The van der Waals surface area contributed by atoms with Crippen molar-refractivity contribution in [3.63, 3.8) is 0 Å². The number of aromatic nitrogens is 4. The van der Waals surface area contributed by atoms with E-state index in [1.807, 2.05) is 6.92 Å². The molecule has 9 heteroatoms. The molecule has 0 atom stereocenters. The molecule has 0 fully saturated rings. The van der Waals surface area contributed by atoms with Crippen LogP contribution in [0.25, 0.3) is 0 Å². The number of carbonyl (C=O) groups is 2. The van der Waals surface area contributed by atoms with Crippen molar-refractivity contribution >= 4 is 28.3 Å². The van der Waals surface area contributed by atoms with Gasteiger partial charge in [0.25, 0.3) is 5.91 Å². The molecule has 0 spiro atoms. The average molecular weight is 293 g/mol. The number of ether oxygens (including phenoxy) is 1. The highest BCUT2D eigenvalue weighted by Crippen LogP contribution is 2.14. The molecule has 0 aliphatic carbocycles. The summed E-state index contributed by atoms with van der Waals surface area (Å²) in [7, 11) is 0. The number of carbonyl (C=O) groups excluding carboxylic acids is 2. The predicted octanol–water partition coefficient (Wildman–Crippen LogP) is 0.686. The summed E-state index contributed by atoms with van der Waals surface area (Å²) in [5, 5.41) is 11.3. The number of hydrogen-bond acceptors (Lipinski definition) is 8. The Morgan fingerprint density at radius 2 is 2.20 bits per heavy atom. The van der Waals surface area contributed by atoms with E-state index in [2.05, 4.69) is 25.5 Å². The molecule has 2 heterocycles. The fraction of sp³-hybridized carbons (Fsp3) is 0.273. The SMILES string of the molecule is CCc1nnc(NC(=O)COC(=O)c2cnccn2)s1. The molecule has 0 radical (unpaired) electrons. The van der Waals surface area contributed by atoms with Gasteiger partial charge in [0.2, 0.25) is 5.13 Å². The molecule has 2 rings (SSSR count). The molecule has 0 saturated carbocycles. The lowest BCUT2D eigenvalue weighted by Gasteiger charge is -2.03. The number of aryl methyl sites for hydroxylation is 1. The second-order valence-corrected chi connectivity index (χ2v) is 4.63. The zero-order chi connectivity index (χ0) is 14.4. The van der Waals surface area contributed by atoms with E-state index >= 15 is 0 Å². The smallest absolute Gasteiger partial charge is 0.359 e. The van der Waals surface area contributed by atoms with Gasteiger partial charge in [0.1, 0.15) is 5.01 Å². The summed E-state index contributed by atoms with van der Waals surface area (Å²) >= 11 is 1.27. The number of nitrogens with zero attached hydrogens (tertiary/aromatic N) is 4. The van der Waals surface area contributed by atoms with E-state index in [0.717, 1.165) is 11.4 Å². The molecule has 104 valence electrons. The van der Waals surface area contributed by atoms with Crippen molar-refractivity contribution in [2.45, 2.75) is 13.3 Å². The number of anilines is 1. The van der Waals surface area contributed by atoms with Gasteiger partial charge in [-0.3, -0.25) is 15.1 Å². The van der Waals surface area contributed by atoms with Gasteiger partial charge in [0.15, 0.2) is 12.3 Å². The van der Waals surface area contributed by atoms with Gasteiger partial charge < -0.3 is 4.74 Å². The van der Waals surface area contributed by atoms with Crippen molar-refractivity contribution in [3.8, 4) is 0 Å². The largest absolute Gasteiger partial charge is 0.451 e. The van der Waals surface area contributed by atoms with Crippen molar-refractivity contribution in [1.29, 1.82) is 0 Å². The minimum Gasteiger partial charge on any atom is -0.451 e. The molecule has 0 saturated heterocycles. The highest BCUT2D eigenvalue weighted by atomic mass is 32.1. The molecule has 2 aromatic rings. The van der Waals surface area contributed by atoms with Crippen LogP contribution in [0.2, 0.25) is 0 Å². The third-order valence-electron chi connectivity index (χ3n) is 2.12. The fourth-order valence-electron chi connectivity index (χ4n) is 1.21. The summed E-state index contributed by atoms with van der Waals surface area (Å²) < 4.78 is 4.80. The van der Waals surface area contributed by atoms with Crippen LogP contribution in [0, 0.1) is 0 Å². The second-order valence-electron chi connectivity index (χ2n) is 3.57. The normalized spacial score (nSPS) is 10.1. The number of rotatable bonds is 5. The second kappa shape index (κ2) is 6.66. The van der Waals surface area contributed by atoms with Crippen molar-refractivity contribution in [3.05, 3.63) is 29.3 Å². The van der Waals surface area contributed by atoms with Gasteiger partial charge in [0.05, 0.1) is 6.20 Å². The summed E-state index contributed by atoms with van der Waals surface area (Å²) in [6.45, 7) is 1.52. The highest BCUT2D eigenvalue weighted by molar-refractivity contribution is 7.15. The molecule has 2 aromatic heterocycles. The first-order chi connectivity index (χ1) is 9.69. The van der Waals surface area contributed by atoms with Crippen LogP contribution in [-0.4, -0.2) is 38.6 Å². The van der Waals surface area contributed by atoms with E-state index in [1.165, 1.54) is 29.9 Å². The van der Waals surface area contributed by atoms with Crippen LogP contribution < -0.4 is 5.32 Å². The van der Waals surface area contributed by atoms with Gasteiger partial charge in [-0.2, -0.15) is 0 Å². The molecule has 0 bridgehead atoms. The molecule has 20 heavy (non-hydrogen) atoms. The molecular formula is C11H11N5O3S. The summed E-state index contributed by atoms with van der Waals surface area (Å²) in [5.74, 6) is -1.19. The maximum atomic E-state index is 11.6. The molecule has 0 aliphatic rings. The Morgan fingerprint density at radius 1 is 1.35 bits per heavy atom.